The minimum absolute atomic E-state index is 0.199. The van der Waals surface area contributed by atoms with Gasteiger partial charge in [0.1, 0.15) is 11.5 Å². The number of rotatable bonds is 5. The molecular formula is C18H21NO2. The number of ether oxygens (including phenoxy) is 2. The monoisotopic (exact) mass is 283 g/mol. The fraction of sp³-hybridized carbons (Fsp3) is 0.333. The van der Waals surface area contributed by atoms with Gasteiger partial charge in [-0.25, -0.2) is 0 Å². The first kappa shape index (κ1) is 14.0. The van der Waals surface area contributed by atoms with Crippen LogP contribution in [-0.4, -0.2) is 13.2 Å². The van der Waals surface area contributed by atoms with Crippen molar-refractivity contribution in [1.82, 2.24) is 0 Å². The van der Waals surface area contributed by atoms with Crippen LogP contribution in [0.15, 0.2) is 42.5 Å². The molecule has 1 aliphatic rings. The lowest BCUT2D eigenvalue weighted by Crippen LogP contribution is -2.13. The van der Waals surface area contributed by atoms with E-state index in [1.54, 1.807) is 7.11 Å². The van der Waals surface area contributed by atoms with E-state index in [-0.39, 0.29) is 6.04 Å². The molecule has 1 fully saturated rings. The molecule has 0 aromatic heterocycles. The normalized spacial score (nSPS) is 15.6. The van der Waals surface area contributed by atoms with Gasteiger partial charge < -0.3 is 15.2 Å². The highest BCUT2D eigenvalue weighted by Crippen LogP contribution is 2.31. The average molecular weight is 283 g/mol. The summed E-state index contributed by atoms with van der Waals surface area (Å²) >= 11 is 0. The summed E-state index contributed by atoms with van der Waals surface area (Å²) in [6.45, 7) is 2.06. The van der Waals surface area contributed by atoms with Crippen molar-refractivity contribution in [2.75, 3.05) is 7.11 Å². The van der Waals surface area contributed by atoms with E-state index in [1.165, 1.54) is 18.4 Å². The largest absolute Gasteiger partial charge is 0.496 e. The Kier molecular flexibility index (Phi) is 3.84. The van der Waals surface area contributed by atoms with Crippen LogP contribution in [0.3, 0.4) is 0 Å². The molecule has 110 valence electrons. The predicted molar refractivity (Wildman–Crippen MR) is 83.9 cm³/mol. The summed E-state index contributed by atoms with van der Waals surface area (Å²) in [7, 11) is 1.67. The van der Waals surface area contributed by atoms with Gasteiger partial charge in [-0.1, -0.05) is 29.8 Å². The van der Waals surface area contributed by atoms with E-state index in [0.717, 1.165) is 22.6 Å². The van der Waals surface area contributed by atoms with Crippen LogP contribution in [0.1, 0.15) is 35.6 Å². The Morgan fingerprint density at radius 2 is 1.81 bits per heavy atom. The number of methoxy groups -OCH3 is 1. The summed E-state index contributed by atoms with van der Waals surface area (Å²) < 4.78 is 11.2. The van der Waals surface area contributed by atoms with Crippen LogP contribution in [0.4, 0.5) is 0 Å². The molecule has 2 aromatic rings. The Hall–Kier alpha value is -2.00. The Balaban J connectivity index is 1.83. The number of hydrogen-bond acceptors (Lipinski definition) is 3. The summed E-state index contributed by atoms with van der Waals surface area (Å²) in [5.41, 5.74) is 9.65. The first-order valence-electron chi connectivity index (χ1n) is 7.34. The summed E-state index contributed by atoms with van der Waals surface area (Å²) in [6.07, 6.45) is 2.75. The van der Waals surface area contributed by atoms with Crippen LogP contribution < -0.4 is 15.2 Å². The lowest BCUT2D eigenvalue weighted by atomic mass is 9.97. The van der Waals surface area contributed by atoms with Crippen LogP contribution >= 0.6 is 0 Å². The maximum atomic E-state index is 6.40. The van der Waals surface area contributed by atoms with Gasteiger partial charge in [-0.2, -0.15) is 0 Å². The van der Waals surface area contributed by atoms with Crippen LogP contribution in [0, 0.1) is 6.92 Å². The highest BCUT2D eigenvalue weighted by molar-refractivity contribution is 5.44. The quantitative estimate of drug-likeness (QED) is 0.912. The Morgan fingerprint density at radius 3 is 2.43 bits per heavy atom. The number of hydrogen-bond donors (Lipinski definition) is 1. The van der Waals surface area contributed by atoms with E-state index >= 15 is 0 Å². The van der Waals surface area contributed by atoms with Crippen molar-refractivity contribution in [3.8, 4) is 11.5 Å². The van der Waals surface area contributed by atoms with Crippen molar-refractivity contribution in [2.24, 2.45) is 5.73 Å². The van der Waals surface area contributed by atoms with E-state index in [4.69, 9.17) is 15.2 Å². The zero-order valence-corrected chi connectivity index (χ0v) is 12.5. The van der Waals surface area contributed by atoms with Gasteiger partial charge in [0.05, 0.1) is 19.3 Å². The molecule has 21 heavy (non-hydrogen) atoms. The Bertz CT molecular complexity index is 618. The summed E-state index contributed by atoms with van der Waals surface area (Å²) in [4.78, 5) is 0. The van der Waals surface area contributed by atoms with Gasteiger partial charge in [-0.3, -0.25) is 0 Å². The molecule has 1 saturated carbocycles. The molecule has 1 atom stereocenters. The topological polar surface area (TPSA) is 44.5 Å². The third-order valence-corrected chi connectivity index (χ3v) is 3.79. The van der Waals surface area contributed by atoms with Crippen molar-refractivity contribution in [2.45, 2.75) is 31.9 Å². The molecule has 2 N–H and O–H groups in total. The van der Waals surface area contributed by atoms with Crippen molar-refractivity contribution in [3.05, 3.63) is 59.2 Å². The maximum absolute atomic E-state index is 6.40. The molecule has 3 nitrogen and oxygen atoms in total. The first-order chi connectivity index (χ1) is 10.2. The second-order valence-corrected chi connectivity index (χ2v) is 5.61. The predicted octanol–water partition coefficient (Wildman–Crippen LogP) is 3.59. The smallest absolute Gasteiger partial charge is 0.123 e. The third kappa shape index (κ3) is 3.19. The number of benzene rings is 2. The zero-order valence-electron chi connectivity index (χ0n) is 12.5. The average Bonchev–Trinajstić information content (AvgIpc) is 3.31. The number of nitrogens with two attached hydrogens (primary N) is 1. The molecule has 0 spiro atoms. The molecule has 1 aliphatic carbocycles. The second-order valence-electron chi connectivity index (χ2n) is 5.61. The SMILES string of the molecule is COc1ccc(C)cc1C(N)c1ccc(OC2CC2)cc1. The summed E-state index contributed by atoms with van der Waals surface area (Å²) in [6, 6.07) is 13.9. The molecule has 0 radical (unpaired) electrons. The second kappa shape index (κ2) is 5.78. The van der Waals surface area contributed by atoms with Crippen molar-refractivity contribution in [1.29, 1.82) is 0 Å². The molecule has 0 amide bonds. The van der Waals surface area contributed by atoms with Gasteiger partial charge >= 0.3 is 0 Å². The third-order valence-electron chi connectivity index (χ3n) is 3.79. The summed E-state index contributed by atoms with van der Waals surface area (Å²) in [5, 5.41) is 0. The lowest BCUT2D eigenvalue weighted by molar-refractivity contribution is 0.303. The van der Waals surface area contributed by atoms with Gasteiger partial charge in [0, 0.05) is 5.56 Å². The fourth-order valence-corrected chi connectivity index (χ4v) is 2.41. The molecule has 0 aliphatic heterocycles. The molecule has 0 saturated heterocycles. The van der Waals surface area contributed by atoms with Gasteiger partial charge in [-0.05, 0) is 43.5 Å². The fourth-order valence-electron chi connectivity index (χ4n) is 2.41. The molecule has 2 aromatic carbocycles. The molecular weight excluding hydrogens is 262 g/mol. The summed E-state index contributed by atoms with van der Waals surface area (Å²) in [5.74, 6) is 1.75. The maximum Gasteiger partial charge on any atom is 0.123 e. The Labute approximate surface area is 125 Å². The van der Waals surface area contributed by atoms with E-state index in [9.17, 15) is 0 Å². The van der Waals surface area contributed by atoms with Gasteiger partial charge in [0.15, 0.2) is 0 Å². The van der Waals surface area contributed by atoms with Gasteiger partial charge in [-0.15, -0.1) is 0 Å². The van der Waals surface area contributed by atoms with Crippen molar-refractivity contribution >= 4 is 0 Å². The van der Waals surface area contributed by atoms with Crippen molar-refractivity contribution < 1.29 is 9.47 Å². The molecule has 0 bridgehead atoms. The van der Waals surface area contributed by atoms with Gasteiger partial charge in [0.2, 0.25) is 0 Å². The Morgan fingerprint density at radius 1 is 1.10 bits per heavy atom. The highest BCUT2D eigenvalue weighted by atomic mass is 16.5. The van der Waals surface area contributed by atoms with Crippen LogP contribution in [0.2, 0.25) is 0 Å². The van der Waals surface area contributed by atoms with E-state index in [0.29, 0.717) is 6.10 Å². The minimum atomic E-state index is -0.199. The van der Waals surface area contributed by atoms with Crippen molar-refractivity contribution in [3.63, 3.8) is 0 Å². The van der Waals surface area contributed by atoms with Gasteiger partial charge in [0.25, 0.3) is 0 Å². The van der Waals surface area contributed by atoms with Crippen LogP contribution in [0.5, 0.6) is 11.5 Å². The molecule has 1 unspecified atom stereocenters. The molecule has 3 heteroatoms. The van der Waals surface area contributed by atoms with Crippen LogP contribution in [-0.2, 0) is 0 Å². The number of aryl methyl sites for hydroxylation is 1. The van der Waals surface area contributed by atoms with E-state index in [1.807, 2.05) is 36.4 Å². The minimum Gasteiger partial charge on any atom is -0.496 e. The lowest BCUT2D eigenvalue weighted by Gasteiger charge is -2.17. The molecule has 3 rings (SSSR count). The first-order valence-corrected chi connectivity index (χ1v) is 7.34. The van der Waals surface area contributed by atoms with Crippen LogP contribution in [0.25, 0.3) is 0 Å². The standard InChI is InChI=1S/C18H21NO2/c1-12-3-10-17(20-2)16(11-12)18(19)13-4-6-14(7-5-13)21-15-8-9-15/h3-7,10-11,15,18H,8-9,19H2,1-2H3. The molecule has 0 heterocycles. The van der Waals surface area contributed by atoms with E-state index in [2.05, 4.69) is 13.0 Å². The van der Waals surface area contributed by atoms with E-state index < -0.39 is 0 Å². The zero-order chi connectivity index (χ0) is 14.8. The highest BCUT2D eigenvalue weighted by Gasteiger charge is 2.23.